The minimum Gasteiger partial charge on any atom is -0.465 e. The van der Waals surface area contributed by atoms with Crippen molar-refractivity contribution < 1.29 is 22.3 Å². The lowest BCUT2D eigenvalue weighted by molar-refractivity contribution is 0.0600. The lowest BCUT2D eigenvalue weighted by Crippen LogP contribution is -2.14. The highest BCUT2D eigenvalue weighted by atomic mass is 127. The summed E-state index contributed by atoms with van der Waals surface area (Å²) < 4.78 is 47.5. The molecule has 0 aliphatic heterocycles. The molecule has 0 saturated heterocycles. The fraction of sp³-hybridized carbons (Fsp3) is 0.130. The normalized spacial score (nSPS) is 11.6. The molecule has 4 aromatic rings. The van der Waals surface area contributed by atoms with Crippen molar-refractivity contribution in [2.75, 3.05) is 7.11 Å². The van der Waals surface area contributed by atoms with E-state index in [1.807, 2.05) is 29.5 Å². The maximum absolute atomic E-state index is 14.6. The van der Waals surface area contributed by atoms with Crippen LogP contribution < -0.4 is 0 Å². The van der Waals surface area contributed by atoms with Crippen LogP contribution in [0.1, 0.15) is 27.0 Å². The fourth-order valence-corrected chi connectivity index (χ4v) is 5.21. The molecule has 3 aromatic carbocycles. The molecule has 1 aromatic heterocycles. The van der Waals surface area contributed by atoms with Gasteiger partial charge in [-0.15, -0.1) is 0 Å². The number of fused-ring (bicyclic) bond motifs is 1. The summed E-state index contributed by atoms with van der Waals surface area (Å²) in [5.41, 5.74) is 2.26. The number of esters is 1. The Bertz CT molecular complexity index is 1450. The van der Waals surface area contributed by atoms with E-state index in [0.29, 0.717) is 22.0 Å². The number of ether oxygens (including phenoxy) is 1. The van der Waals surface area contributed by atoms with Gasteiger partial charge < -0.3 is 4.74 Å². The molecule has 164 valence electrons. The summed E-state index contributed by atoms with van der Waals surface area (Å²) in [6.07, 6.45) is 1.45. The summed E-state index contributed by atoms with van der Waals surface area (Å²) in [4.78, 5) is 12.5. The average Bonchev–Trinajstić information content (AvgIpc) is 3.21. The van der Waals surface area contributed by atoms with Crippen LogP contribution in [0.3, 0.4) is 0 Å². The second kappa shape index (κ2) is 8.62. The average molecular weight is 564 g/mol. The molecule has 0 aliphatic rings. The predicted octanol–water partition coefficient (Wildman–Crippen LogP) is 4.70. The third-order valence-electron chi connectivity index (χ3n) is 5.17. The number of halogens is 2. The van der Waals surface area contributed by atoms with E-state index in [1.165, 1.54) is 43.6 Å². The molecule has 0 radical (unpaired) electrons. The number of aryl methyl sites for hydroxylation is 1. The Kier molecular flexibility index (Phi) is 6.04. The molecule has 4 rings (SSSR count). The van der Waals surface area contributed by atoms with Crippen LogP contribution in [0.2, 0.25) is 0 Å². The van der Waals surface area contributed by atoms with Gasteiger partial charge in [0, 0.05) is 15.4 Å². The first-order valence-corrected chi connectivity index (χ1v) is 12.1. The number of nitrogens with zero attached hydrogens (tertiary/aromatic N) is 2. The Morgan fingerprint density at radius 3 is 2.50 bits per heavy atom. The Hall–Kier alpha value is -2.79. The van der Waals surface area contributed by atoms with Crippen LogP contribution in [-0.2, 0) is 21.2 Å². The molecule has 0 amide bonds. The second-order valence-corrected chi connectivity index (χ2v) is 10.2. The summed E-state index contributed by atoms with van der Waals surface area (Å²) in [6, 6.07) is 14.3. The van der Waals surface area contributed by atoms with E-state index >= 15 is 0 Å². The third kappa shape index (κ3) is 4.02. The molecule has 9 heteroatoms. The van der Waals surface area contributed by atoms with E-state index < -0.39 is 21.8 Å². The van der Waals surface area contributed by atoms with Gasteiger partial charge in [0.05, 0.1) is 29.3 Å². The quantitative estimate of drug-likeness (QED) is 0.260. The number of methoxy groups -OCH3 is 1. The van der Waals surface area contributed by atoms with Crippen LogP contribution in [0.4, 0.5) is 4.39 Å². The minimum atomic E-state index is -3.97. The highest BCUT2D eigenvalue weighted by Gasteiger charge is 2.24. The fourth-order valence-electron chi connectivity index (χ4n) is 3.48. The van der Waals surface area contributed by atoms with Crippen LogP contribution in [0.15, 0.2) is 65.7 Å². The van der Waals surface area contributed by atoms with Crippen LogP contribution in [0, 0.1) is 16.3 Å². The van der Waals surface area contributed by atoms with E-state index in [1.54, 1.807) is 24.3 Å². The highest BCUT2D eigenvalue weighted by Crippen LogP contribution is 2.29. The topological polar surface area (TPSA) is 78.3 Å². The summed E-state index contributed by atoms with van der Waals surface area (Å²) >= 11 is 2.02. The van der Waals surface area contributed by atoms with Gasteiger partial charge in [-0.1, -0.05) is 23.8 Å². The molecule has 1 heterocycles. The zero-order valence-electron chi connectivity index (χ0n) is 17.2. The van der Waals surface area contributed by atoms with Gasteiger partial charge in [-0.05, 0) is 77.0 Å². The molecular weight excluding hydrogens is 546 g/mol. The van der Waals surface area contributed by atoms with Gasteiger partial charge in [0.1, 0.15) is 5.82 Å². The molecule has 0 aliphatic carbocycles. The first-order valence-electron chi connectivity index (χ1n) is 9.56. The summed E-state index contributed by atoms with van der Waals surface area (Å²) in [7, 11) is -2.71. The highest BCUT2D eigenvalue weighted by molar-refractivity contribution is 14.1. The smallest absolute Gasteiger partial charge is 0.338 e. The number of hydrogen-bond donors (Lipinski definition) is 0. The molecular formula is C23H18FIN2O4S. The van der Waals surface area contributed by atoms with E-state index in [9.17, 15) is 17.6 Å². The van der Waals surface area contributed by atoms with Gasteiger partial charge in [0.2, 0.25) is 0 Å². The number of carbonyl (C=O) groups excluding carboxylic acids is 1. The van der Waals surface area contributed by atoms with E-state index in [-0.39, 0.29) is 16.9 Å². The van der Waals surface area contributed by atoms with Crippen molar-refractivity contribution in [3.8, 4) is 0 Å². The maximum atomic E-state index is 14.6. The molecule has 0 N–H and O–H groups in total. The van der Waals surface area contributed by atoms with Crippen molar-refractivity contribution in [3.05, 3.63) is 92.4 Å². The second-order valence-electron chi connectivity index (χ2n) is 7.23. The summed E-state index contributed by atoms with van der Waals surface area (Å²) in [5, 5.41) is 4.54. The van der Waals surface area contributed by atoms with Crippen LogP contribution in [0.5, 0.6) is 0 Å². The van der Waals surface area contributed by atoms with Crippen molar-refractivity contribution in [2.45, 2.75) is 18.2 Å². The van der Waals surface area contributed by atoms with Crippen molar-refractivity contribution in [1.29, 1.82) is 0 Å². The standard InChI is InChI=1S/C23H18FIN2O4S/c1-14-3-7-17(8-4-14)32(29,30)27-22-10-9-18(23(28)31-2)19(20(22)13-26-27)11-15-5-6-16(25)12-21(15)24/h3-10,12-13H,11H2,1-2H3. The van der Waals surface area contributed by atoms with Crippen LogP contribution in [0.25, 0.3) is 10.9 Å². The van der Waals surface area contributed by atoms with Crippen molar-refractivity contribution in [2.24, 2.45) is 0 Å². The molecule has 0 atom stereocenters. The number of carbonyl (C=O) groups is 1. The lowest BCUT2D eigenvalue weighted by atomic mass is 9.96. The van der Waals surface area contributed by atoms with Gasteiger partial charge in [-0.3, -0.25) is 0 Å². The Balaban J connectivity index is 1.91. The van der Waals surface area contributed by atoms with E-state index in [4.69, 9.17) is 4.74 Å². The van der Waals surface area contributed by atoms with Crippen molar-refractivity contribution in [3.63, 3.8) is 0 Å². The number of aromatic nitrogens is 2. The zero-order valence-corrected chi connectivity index (χ0v) is 20.1. The first-order chi connectivity index (χ1) is 15.2. The zero-order chi connectivity index (χ0) is 23.0. The largest absolute Gasteiger partial charge is 0.465 e. The SMILES string of the molecule is COC(=O)c1ccc2c(cnn2S(=O)(=O)c2ccc(C)cc2)c1Cc1ccc(I)cc1F. The summed E-state index contributed by atoms with van der Waals surface area (Å²) in [6.45, 7) is 1.87. The van der Waals surface area contributed by atoms with Gasteiger partial charge in [-0.2, -0.15) is 17.6 Å². The lowest BCUT2D eigenvalue weighted by Gasteiger charge is -2.12. The number of benzene rings is 3. The Labute approximate surface area is 198 Å². The predicted molar refractivity (Wildman–Crippen MR) is 127 cm³/mol. The van der Waals surface area contributed by atoms with Gasteiger partial charge in [0.25, 0.3) is 10.0 Å². The van der Waals surface area contributed by atoms with Gasteiger partial charge in [0.15, 0.2) is 0 Å². The Morgan fingerprint density at radius 1 is 1.12 bits per heavy atom. The molecule has 0 saturated carbocycles. The molecule has 32 heavy (non-hydrogen) atoms. The van der Waals surface area contributed by atoms with Crippen LogP contribution >= 0.6 is 22.6 Å². The molecule has 0 fully saturated rings. The third-order valence-corrected chi connectivity index (χ3v) is 7.45. The van der Waals surface area contributed by atoms with Crippen molar-refractivity contribution >= 4 is 49.5 Å². The minimum absolute atomic E-state index is 0.0702. The van der Waals surface area contributed by atoms with Crippen LogP contribution in [-0.4, -0.2) is 30.7 Å². The molecule has 0 spiro atoms. The van der Waals surface area contributed by atoms with Crippen molar-refractivity contribution in [1.82, 2.24) is 9.19 Å². The molecule has 0 bridgehead atoms. The molecule has 0 unspecified atom stereocenters. The van der Waals surface area contributed by atoms with Gasteiger partial charge >= 0.3 is 5.97 Å². The summed E-state index contributed by atoms with van der Waals surface area (Å²) in [5.74, 6) is -1.01. The maximum Gasteiger partial charge on any atom is 0.338 e. The molecule has 6 nitrogen and oxygen atoms in total. The monoisotopic (exact) mass is 564 g/mol. The first kappa shape index (κ1) is 22.4. The Morgan fingerprint density at radius 2 is 1.84 bits per heavy atom. The van der Waals surface area contributed by atoms with E-state index in [0.717, 1.165) is 13.2 Å². The number of rotatable bonds is 5. The van der Waals surface area contributed by atoms with Gasteiger partial charge in [-0.25, -0.2) is 9.18 Å². The van der Waals surface area contributed by atoms with E-state index in [2.05, 4.69) is 5.10 Å². The number of hydrogen-bond acceptors (Lipinski definition) is 5.